The number of fused-ring (bicyclic) bond motifs is 1. The molecule has 0 amide bonds. The number of aryl methyl sites for hydroxylation is 1. The molecule has 0 radical (unpaired) electrons. The van der Waals surface area contributed by atoms with E-state index in [1.807, 2.05) is 6.07 Å². The summed E-state index contributed by atoms with van der Waals surface area (Å²) in [7, 11) is 0. The lowest BCUT2D eigenvalue weighted by Gasteiger charge is -2.12. The summed E-state index contributed by atoms with van der Waals surface area (Å²) in [5.41, 5.74) is 8.67. The van der Waals surface area contributed by atoms with Crippen molar-refractivity contribution >= 4 is 0 Å². The van der Waals surface area contributed by atoms with Gasteiger partial charge in [-0.05, 0) is 48.9 Å². The molecule has 1 saturated heterocycles. The molecule has 1 aromatic carbocycles. The Labute approximate surface area is 108 Å². The summed E-state index contributed by atoms with van der Waals surface area (Å²) in [4.78, 5) is 0. The molecule has 98 valence electrons. The first kappa shape index (κ1) is 12.0. The molecule has 18 heavy (non-hydrogen) atoms. The summed E-state index contributed by atoms with van der Waals surface area (Å²) < 4.78 is 11.4. The Kier molecular flexibility index (Phi) is 3.52. The first-order valence-corrected chi connectivity index (χ1v) is 6.96. The zero-order valence-corrected chi connectivity index (χ0v) is 10.7. The molecule has 3 heteroatoms. The van der Waals surface area contributed by atoms with Crippen molar-refractivity contribution in [2.45, 2.75) is 44.2 Å². The molecule has 2 aliphatic rings. The highest BCUT2D eigenvalue weighted by atomic mass is 16.5. The van der Waals surface area contributed by atoms with Crippen molar-refractivity contribution in [2.75, 3.05) is 13.2 Å². The molecule has 0 bridgehead atoms. The average Bonchev–Trinajstić information content (AvgIpc) is 3.00. The van der Waals surface area contributed by atoms with Gasteiger partial charge in [-0.25, -0.2) is 0 Å². The van der Waals surface area contributed by atoms with Gasteiger partial charge in [0.05, 0.1) is 12.7 Å². The monoisotopic (exact) mass is 247 g/mol. The van der Waals surface area contributed by atoms with Crippen molar-refractivity contribution < 1.29 is 9.47 Å². The van der Waals surface area contributed by atoms with Gasteiger partial charge in [0.1, 0.15) is 5.75 Å². The van der Waals surface area contributed by atoms with Gasteiger partial charge in [0.15, 0.2) is 0 Å². The number of hydrogen-bond donors (Lipinski definition) is 1. The molecule has 2 atom stereocenters. The van der Waals surface area contributed by atoms with Crippen molar-refractivity contribution in [2.24, 2.45) is 5.73 Å². The van der Waals surface area contributed by atoms with Crippen LogP contribution in [0.1, 0.15) is 42.9 Å². The number of rotatable bonds is 4. The highest BCUT2D eigenvalue weighted by Gasteiger charge is 2.19. The van der Waals surface area contributed by atoms with Crippen molar-refractivity contribution in [3.05, 3.63) is 29.3 Å². The van der Waals surface area contributed by atoms with Crippen LogP contribution in [0.25, 0.3) is 0 Å². The largest absolute Gasteiger partial charge is 0.493 e. The first-order valence-electron chi connectivity index (χ1n) is 6.96. The van der Waals surface area contributed by atoms with E-state index in [2.05, 4.69) is 12.1 Å². The van der Waals surface area contributed by atoms with Crippen molar-refractivity contribution in [3.63, 3.8) is 0 Å². The van der Waals surface area contributed by atoms with E-state index < -0.39 is 0 Å². The lowest BCUT2D eigenvalue weighted by molar-refractivity contribution is 0.0903. The third kappa shape index (κ3) is 2.52. The predicted molar refractivity (Wildman–Crippen MR) is 70.8 cm³/mol. The van der Waals surface area contributed by atoms with Crippen LogP contribution in [0.4, 0.5) is 0 Å². The lowest BCUT2D eigenvalue weighted by atomic mass is 10.1. The van der Waals surface area contributed by atoms with E-state index in [4.69, 9.17) is 15.2 Å². The van der Waals surface area contributed by atoms with Gasteiger partial charge in [-0.1, -0.05) is 6.07 Å². The first-order chi connectivity index (χ1) is 8.83. The maximum atomic E-state index is 6.02. The smallest absolute Gasteiger partial charge is 0.119 e. The van der Waals surface area contributed by atoms with Crippen LogP contribution in [-0.2, 0) is 11.2 Å². The minimum absolute atomic E-state index is 0.223. The molecule has 0 saturated carbocycles. The van der Waals surface area contributed by atoms with Gasteiger partial charge in [0.2, 0.25) is 0 Å². The Morgan fingerprint density at radius 3 is 3.11 bits per heavy atom. The molecule has 1 aliphatic carbocycles. The summed E-state index contributed by atoms with van der Waals surface area (Å²) in [6.45, 7) is 1.66. The molecule has 3 rings (SSSR count). The Morgan fingerprint density at radius 2 is 2.28 bits per heavy atom. The van der Waals surface area contributed by atoms with Crippen LogP contribution in [0.15, 0.2) is 18.2 Å². The standard InChI is InChI=1S/C15H21NO2/c16-15-6-3-11-10-13(4-5-14(11)15)18-9-7-12-2-1-8-17-12/h4-5,10,12,15H,1-3,6-9,16H2. The Morgan fingerprint density at radius 1 is 1.33 bits per heavy atom. The molecular weight excluding hydrogens is 226 g/mol. The molecule has 0 spiro atoms. The molecule has 1 aliphatic heterocycles. The second kappa shape index (κ2) is 5.29. The van der Waals surface area contributed by atoms with Crippen LogP contribution >= 0.6 is 0 Å². The van der Waals surface area contributed by atoms with Gasteiger partial charge in [-0.3, -0.25) is 0 Å². The number of ether oxygens (including phenoxy) is 2. The molecule has 1 heterocycles. The second-order valence-electron chi connectivity index (χ2n) is 5.28. The Bertz CT molecular complexity index is 413. The third-order valence-electron chi connectivity index (χ3n) is 3.97. The zero-order valence-electron chi connectivity index (χ0n) is 10.7. The topological polar surface area (TPSA) is 44.5 Å². The van der Waals surface area contributed by atoms with Gasteiger partial charge in [0, 0.05) is 19.1 Å². The Hall–Kier alpha value is -1.06. The summed E-state index contributed by atoms with van der Waals surface area (Å²) in [6, 6.07) is 6.53. The van der Waals surface area contributed by atoms with E-state index in [1.54, 1.807) is 0 Å². The fourth-order valence-electron chi connectivity index (χ4n) is 2.90. The van der Waals surface area contributed by atoms with E-state index in [0.29, 0.717) is 6.10 Å². The summed E-state index contributed by atoms with van der Waals surface area (Å²) >= 11 is 0. The number of benzene rings is 1. The quantitative estimate of drug-likeness (QED) is 0.889. The van der Waals surface area contributed by atoms with Crippen LogP contribution in [0.3, 0.4) is 0 Å². The van der Waals surface area contributed by atoms with Crippen molar-refractivity contribution in [1.29, 1.82) is 0 Å². The minimum Gasteiger partial charge on any atom is -0.493 e. The SMILES string of the molecule is NC1CCc2cc(OCCC3CCCO3)ccc21. The molecule has 1 aromatic rings. The van der Waals surface area contributed by atoms with Crippen LogP contribution in [0.2, 0.25) is 0 Å². The fourth-order valence-corrected chi connectivity index (χ4v) is 2.90. The third-order valence-corrected chi connectivity index (χ3v) is 3.97. The van der Waals surface area contributed by atoms with E-state index in [-0.39, 0.29) is 6.04 Å². The van der Waals surface area contributed by atoms with E-state index in [9.17, 15) is 0 Å². The highest BCUT2D eigenvalue weighted by molar-refractivity contribution is 5.40. The maximum absolute atomic E-state index is 6.02. The van der Waals surface area contributed by atoms with Crippen molar-refractivity contribution in [1.82, 2.24) is 0 Å². The average molecular weight is 247 g/mol. The summed E-state index contributed by atoms with van der Waals surface area (Å²) in [6.07, 6.45) is 5.93. The number of nitrogens with two attached hydrogens (primary N) is 1. The van der Waals surface area contributed by atoms with Gasteiger partial charge >= 0.3 is 0 Å². The molecule has 2 unspecified atom stereocenters. The summed E-state index contributed by atoms with van der Waals surface area (Å²) in [5, 5.41) is 0. The molecule has 2 N–H and O–H groups in total. The van der Waals surface area contributed by atoms with Gasteiger partial charge in [-0.2, -0.15) is 0 Å². The van der Waals surface area contributed by atoms with E-state index >= 15 is 0 Å². The molecule has 3 nitrogen and oxygen atoms in total. The molecule has 1 fully saturated rings. The van der Waals surface area contributed by atoms with Gasteiger partial charge < -0.3 is 15.2 Å². The minimum atomic E-state index is 0.223. The highest BCUT2D eigenvalue weighted by Crippen LogP contribution is 2.31. The molecular formula is C15H21NO2. The summed E-state index contributed by atoms with van der Waals surface area (Å²) in [5.74, 6) is 0.973. The predicted octanol–water partition coefficient (Wildman–Crippen LogP) is 2.58. The van der Waals surface area contributed by atoms with E-state index in [0.717, 1.165) is 38.2 Å². The zero-order chi connectivity index (χ0) is 12.4. The van der Waals surface area contributed by atoms with Crippen LogP contribution in [0, 0.1) is 0 Å². The normalized spacial score (nSPS) is 26.3. The Balaban J connectivity index is 1.53. The fraction of sp³-hybridized carbons (Fsp3) is 0.600. The van der Waals surface area contributed by atoms with Crippen LogP contribution in [0.5, 0.6) is 5.75 Å². The van der Waals surface area contributed by atoms with Crippen LogP contribution < -0.4 is 10.5 Å². The number of hydrogen-bond acceptors (Lipinski definition) is 3. The maximum Gasteiger partial charge on any atom is 0.119 e. The van der Waals surface area contributed by atoms with Crippen LogP contribution in [-0.4, -0.2) is 19.3 Å². The van der Waals surface area contributed by atoms with Crippen molar-refractivity contribution in [3.8, 4) is 5.75 Å². The lowest BCUT2D eigenvalue weighted by Crippen LogP contribution is -2.11. The molecule has 0 aromatic heterocycles. The van der Waals surface area contributed by atoms with E-state index in [1.165, 1.54) is 24.0 Å². The van der Waals surface area contributed by atoms with Gasteiger partial charge in [0.25, 0.3) is 0 Å². The second-order valence-corrected chi connectivity index (χ2v) is 5.28. The van der Waals surface area contributed by atoms with Gasteiger partial charge in [-0.15, -0.1) is 0 Å².